The summed E-state index contributed by atoms with van der Waals surface area (Å²) in [7, 11) is 0. The Balaban J connectivity index is 1.41. The molecule has 1 fully saturated rings. The zero-order chi connectivity index (χ0) is 23.1. The highest BCUT2D eigenvalue weighted by atomic mass is 16.2. The van der Waals surface area contributed by atoms with Gasteiger partial charge in [-0.15, -0.1) is 0 Å². The number of nitrogens with zero attached hydrogens (tertiary/aromatic N) is 2. The van der Waals surface area contributed by atoms with Crippen LogP contribution < -0.4 is 10.6 Å². The van der Waals surface area contributed by atoms with Gasteiger partial charge in [0.25, 0.3) is 0 Å². The third-order valence-corrected chi connectivity index (χ3v) is 5.99. The van der Waals surface area contributed by atoms with Gasteiger partial charge in [-0.1, -0.05) is 38.1 Å². The number of aryl methyl sites for hydroxylation is 1. The number of carbonyl (C=O) groups excluding carboxylic acids is 2. The topological polar surface area (TPSA) is 74.3 Å². The van der Waals surface area contributed by atoms with E-state index < -0.39 is 0 Å². The van der Waals surface area contributed by atoms with Crippen molar-refractivity contribution >= 4 is 17.6 Å². The molecule has 2 amide bonds. The van der Waals surface area contributed by atoms with Crippen molar-refractivity contribution in [2.45, 2.75) is 53.0 Å². The number of aromatic nitrogens is 1. The van der Waals surface area contributed by atoms with E-state index >= 15 is 0 Å². The maximum absolute atomic E-state index is 12.6. The van der Waals surface area contributed by atoms with Crippen molar-refractivity contribution in [3.05, 3.63) is 59.3 Å². The number of amides is 2. The van der Waals surface area contributed by atoms with Crippen LogP contribution in [0.3, 0.4) is 0 Å². The second kappa shape index (κ2) is 11.2. The van der Waals surface area contributed by atoms with Gasteiger partial charge in [-0.3, -0.25) is 14.5 Å². The van der Waals surface area contributed by atoms with E-state index in [0.717, 1.165) is 43.5 Å². The highest BCUT2D eigenvalue weighted by molar-refractivity contribution is 5.91. The molecule has 1 saturated heterocycles. The van der Waals surface area contributed by atoms with Crippen molar-refractivity contribution in [3.8, 4) is 0 Å². The summed E-state index contributed by atoms with van der Waals surface area (Å²) in [6.45, 7) is 10.3. The Hall–Kier alpha value is -2.73. The van der Waals surface area contributed by atoms with Crippen molar-refractivity contribution in [2.75, 3.05) is 25.0 Å². The molecule has 1 aliphatic rings. The summed E-state index contributed by atoms with van der Waals surface area (Å²) in [5.74, 6) is 1.23. The van der Waals surface area contributed by atoms with E-state index in [0.29, 0.717) is 18.3 Å². The average molecular weight is 437 g/mol. The molecular formula is C26H36N4O2. The fourth-order valence-corrected chi connectivity index (χ4v) is 4.17. The van der Waals surface area contributed by atoms with Gasteiger partial charge in [-0.05, 0) is 80.9 Å². The number of likely N-dealkylation sites (tertiary alicyclic amines) is 1. The fraction of sp³-hybridized carbons (Fsp3) is 0.500. The molecule has 1 aromatic heterocycles. The Bertz CT molecular complexity index is 902. The van der Waals surface area contributed by atoms with Crippen LogP contribution in [0.5, 0.6) is 0 Å². The Morgan fingerprint density at radius 3 is 2.41 bits per heavy atom. The van der Waals surface area contributed by atoms with Gasteiger partial charge in [0.1, 0.15) is 5.82 Å². The number of piperidine rings is 1. The lowest BCUT2D eigenvalue weighted by atomic mass is 9.96. The molecule has 32 heavy (non-hydrogen) atoms. The van der Waals surface area contributed by atoms with Crippen molar-refractivity contribution in [1.82, 2.24) is 15.2 Å². The van der Waals surface area contributed by atoms with Crippen LogP contribution in [-0.2, 0) is 16.0 Å². The molecule has 1 atom stereocenters. The van der Waals surface area contributed by atoms with E-state index in [1.807, 2.05) is 26.0 Å². The van der Waals surface area contributed by atoms with Gasteiger partial charge in [-0.2, -0.15) is 0 Å². The predicted molar refractivity (Wildman–Crippen MR) is 128 cm³/mol. The normalized spacial score (nSPS) is 16.0. The zero-order valence-corrected chi connectivity index (χ0v) is 19.7. The van der Waals surface area contributed by atoms with Gasteiger partial charge in [0, 0.05) is 12.1 Å². The summed E-state index contributed by atoms with van der Waals surface area (Å²) in [6, 6.07) is 12.3. The lowest BCUT2D eigenvalue weighted by Gasteiger charge is -2.31. The van der Waals surface area contributed by atoms with E-state index in [2.05, 4.69) is 58.6 Å². The Morgan fingerprint density at radius 2 is 1.78 bits per heavy atom. The molecular weight excluding hydrogens is 400 g/mol. The molecule has 1 aliphatic heterocycles. The maximum atomic E-state index is 12.6. The Labute approximate surface area is 191 Å². The third-order valence-electron chi connectivity index (χ3n) is 5.99. The third kappa shape index (κ3) is 7.16. The summed E-state index contributed by atoms with van der Waals surface area (Å²) < 4.78 is 0. The SMILES string of the molecule is Cc1ccnc(NC(=O)C2CCN(CC(=O)NC(C)c3ccc(CC(C)C)cc3)CC2)c1. The van der Waals surface area contributed by atoms with Gasteiger partial charge in [0.2, 0.25) is 11.8 Å². The van der Waals surface area contributed by atoms with Gasteiger partial charge >= 0.3 is 0 Å². The smallest absolute Gasteiger partial charge is 0.234 e. The minimum absolute atomic E-state index is 0.0155. The van der Waals surface area contributed by atoms with E-state index in [4.69, 9.17) is 0 Å². The van der Waals surface area contributed by atoms with Crippen LogP contribution in [0.25, 0.3) is 0 Å². The molecule has 6 nitrogen and oxygen atoms in total. The molecule has 172 valence electrons. The lowest BCUT2D eigenvalue weighted by Crippen LogP contribution is -2.43. The van der Waals surface area contributed by atoms with E-state index in [1.54, 1.807) is 6.20 Å². The molecule has 0 radical (unpaired) electrons. The van der Waals surface area contributed by atoms with Gasteiger partial charge in [0.15, 0.2) is 0 Å². The molecule has 1 aromatic carbocycles. The summed E-state index contributed by atoms with van der Waals surface area (Å²) >= 11 is 0. The first-order valence-electron chi connectivity index (χ1n) is 11.6. The largest absolute Gasteiger partial charge is 0.348 e. The number of hydrogen-bond acceptors (Lipinski definition) is 4. The molecule has 0 saturated carbocycles. The summed E-state index contributed by atoms with van der Waals surface area (Å²) in [5, 5.41) is 6.03. The van der Waals surface area contributed by atoms with Crippen molar-refractivity contribution in [2.24, 2.45) is 11.8 Å². The number of benzene rings is 1. The van der Waals surface area contributed by atoms with E-state index in [9.17, 15) is 9.59 Å². The number of anilines is 1. The Morgan fingerprint density at radius 1 is 1.09 bits per heavy atom. The van der Waals surface area contributed by atoms with Gasteiger partial charge in [0.05, 0.1) is 12.6 Å². The van der Waals surface area contributed by atoms with Crippen molar-refractivity contribution < 1.29 is 9.59 Å². The zero-order valence-electron chi connectivity index (χ0n) is 19.7. The van der Waals surface area contributed by atoms with Crippen LogP contribution in [-0.4, -0.2) is 41.3 Å². The quantitative estimate of drug-likeness (QED) is 0.653. The minimum Gasteiger partial charge on any atom is -0.348 e. The highest BCUT2D eigenvalue weighted by Gasteiger charge is 2.26. The first-order valence-corrected chi connectivity index (χ1v) is 11.6. The minimum atomic E-state index is -0.0418. The van der Waals surface area contributed by atoms with E-state index in [-0.39, 0.29) is 23.8 Å². The maximum Gasteiger partial charge on any atom is 0.234 e. The number of rotatable bonds is 8. The molecule has 1 unspecified atom stereocenters. The predicted octanol–water partition coefficient (Wildman–Crippen LogP) is 4.12. The first-order chi connectivity index (χ1) is 15.3. The molecule has 2 N–H and O–H groups in total. The van der Waals surface area contributed by atoms with E-state index in [1.165, 1.54) is 5.56 Å². The Kier molecular flexibility index (Phi) is 8.39. The second-order valence-corrected chi connectivity index (χ2v) is 9.39. The highest BCUT2D eigenvalue weighted by Crippen LogP contribution is 2.20. The number of hydrogen-bond donors (Lipinski definition) is 2. The number of pyridine rings is 1. The first kappa shape index (κ1) is 23.9. The van der Waals surface area contributed by atoms with Crippen molar-refractivity contribution in [1.29, 1.82) is 0 Å². The lowest BCUT2D eigenvalue weighted by molar-refractivity contribution is -0.124. The van der Waals surface area contributed by atoms with Crippen LogP contribution in [0.1, 0.15) is 56.3 Å². The van der Waals surface area contributed by atoms with Crippen LogP contribution >= 0.6 is 0 Å². The van der Waals surface area contributed by atoms with Crippen LogP contribution in [0.2, 0.25) is 0 Å². The molecule has 0 spiro atoms. The molecule has 0 bridgehead atoms. The molecule has 2 aromatic rings. The fourth-order valence-electron chi connectivity index (χ4n) is 4.17. The number of nitrogens with one attached hydrogen (secondary N) is 2. The number of carbonyl (C=O) groups is 2. The summed E-state index contributed by atoms with van der Waals surface area (Å²) in [4.78, 5) is 31.4. The van der Waals surface area contributed by atoms with Crippen molar-refractivity contribution in [3.63, 3.8) is 0 Å². The summed E-state index contributed by atoms with van der Waals surface area (Å²) in [6.07, 6.45) is 4.26. The molecule has 6 heteroatoms. The molecule has 0 aliphatic carbocycles. The van der Waals surface area contributed by atoms with Gasteiger partial charge in [-0.25, -0.2) is 4.98 Å². The van der Waals surface area contributed by atoms with Crippen LogP contribution in [0.15, 0.2) is 42.6 Å². The van der Waals surface area contributed by atoms with Gasteiger partial charge < -0.3 is 10.6 Å². The average Bonchev–Trinajstić information content (AvgIpc) is 2.74. The monoisotopic (exact) mass is 436 g/mol. The van der Waals surface area contributed by atoms with Crippen LogP contribution in [0.4, 0.5) is 5.82 Å². The standard InChI is InChI=1S/C26H36N4O2/c1-18(2)15-21-5-7-22(8-6-21)20(4)28-25(31)17-30-13-10-23(11-14-30)26(32)29-24-16-19(3)9-12-27-24/h5-9,12,16,18,20,23H,10-11,13-15,17H2,1-4H3,(H,28,31)(H,27,29,32). The summed E-state index contributed by atoms with van der Waals surface area (Å²) in [5.41, 5.74) is 3.51. The molecule has 3 rings (SSSR count). The molecule has 2 heterocycles. The van der Waals surface area contributed by atoms with Crippen LogP contribution in [0, 0.1) is 18.8 Å². The second-order valence-electron chi connectivity index (χ2n) is 9.39.